The highest BCUT2D eigenvalue weighted by Crippen LogP contribution is 2.41. The Balaban J connectivity index is 0.000000324. The van der Waals surface area contributed by atoms with Crippen LogP contribution in [0.3, 0.4) is 0 Å². The van der Waals surface area contributed by atoms with E-state index in [4.69, 9.17) is 5.73 Å². The van der Waals surface area contributed by atoms with Crippen LogP contribution in [-0.4, -0.2) is 24.1 Å². The van der Waals surface area contributed by atoms with Crippen LogP contribution in [0.2, 0.25) is 0 Å². The molecule has 0 atom stereocenters. The number of para-hydroxylation sites is 1. The quantitative estimate of drug-likeness (QED) is 0.101. The number of anilines is 1. The highest BCUT2D eigenvalue weighted by molar-refractivity contribution is 6.22. The van der Waals surface area contributed by atoms with E-state index in [1.807, 2.05) is 30.3 Å². The number of aliphatic imine (C=N–C) groups is 1. The van der Waals surface area contributed by atoms with Gasteiger partial charge in [0, 0.05) is 53.1 Å². The molecule has 3 N–H and O–H groups in total. The molecule has 0 spiro atoms. The topological polar surface area (TPSA) is 58.6 Å². The number of rotatable bonds is 6. The van der Waals surface area contributed by atoms with Gasteiger partial charge in [0.2, 0.25) is 0 Å². The molecule has 5 heteroatoms. The molecule has 2 heterocycles. The largest absolute Gasteiger partial charge is 0.358 e. The number of hydrogen-bond donors (Lipinski definition) is 2. The number of allylic oxidation sites excluding steroid dienone is 4. The Morgan fingerprint density at radius 1 is 0.644 bits per heavy atom. The molecule has 1 aliphatic heterocycles. The summed E-state index contributed by atoms with van der Waals surface area (Å²) < 4.78 is 2.39. The molecule has 0 radical (unpaired) electrons. The van der Waals surface area contributed by atoms with Gasteiger partial charge in [0.15, 0.2) is 0 Å². The molecule has 0 amide bonds. The summed E-state index contributed by atoms with van der Waals surface area (Å²) in [5.41, 5.74) is 16.9. The van der Waals surface area contributed by atoms with E-state index in [9.17, 15) is 0 Å². The molecule has 8 aromatic carbocycles. The van der Waals surface area contributed by atoms with Crippen molar-refractivity contribution in [3.63, 3.8) is 0 Å². The van der Waals surface area contributed by atoms with E-state index >= 15 is 0 Å². The molecular weight excluding hydrogens is 719 g/mol. The Morgan fingerprint density at radius 3 is 2.00 bits per heavy atom. The Hall–Kier alpha value is -7.47. The lowest BCUT2D eigenvalue weighted by molar-refractivity contribution is 0.923. The number of nitrogens with zero attached hydrogens (tertiary/aromatic N) is 3. The fourth-order valence-corrected chi connectivity index (χ4v) is 8.32. The number of benzene rings is 8. The number of amidine groups is 1. The molecule has 5 nitrogen and oxygen atoms in total. The maximum absolute atomic E-state index is 5.35. The van der Waals surface area contributed by atoms with Gasteiger partial charge in [0.25, 0.3) is 0 Å². The summed E-state index contributed by atoms with van der Waals surface area (Å²) >= 11 is 0. The second-order valence-electron chi connectivity index (χ2n) is 14.6. The number of hydrogen-bond acceptors (Lipinski definition) is 3. The number of nitrogens with one attached hydrogen (secondary N) is 1. The van der Waals surface area contributed by atoms with Crippen molar-refractivity contribution in [3.8, 4) is 5.69 Å². The maximum atomic E-state index is 5.35. The molecule has 0 aliphatic carbocycles. The first-order chi connectivity index (χ1) is 29.1. The lowest BCUT2D eigenvalue weighted by atomic mass is 9.92. The number of fused-ring (bicyclic) bond motifs is 8. The average Bonchev–Trinajstić information content (AvgIpc) is 3.63. The van der Waals surface area contributed by atoms with Gasteiger partial charge < -0.3 is 20.5 Å². The van der Waals surface area contributed by atoms with Crippen LogP contribution in [-0.2, 0) is 6.54 Å². The molecule has 0 saturated carbocycles. The molecular formula is C54H45N5. The minimum atomic E-state index is 0.404. The van der Waals surface area contributed by atoms with Gasteiger partial charge in [-0.25, -0.2) is 0 Å². The monoisotopic (exact) mass is 763 g/mol. The van der Waals surface area contributed by atoms with Gasteiger partial charge in [0.1, 0.15) is 5.84 Å². The molecule has 1 aromatic heterocycles. The van der Waals surface area contributed by atoms with Crippen LogP contribution in [0.5, 0.6) is 0 Å². The van der Waals surface area contributed by atoms with Gasteiger partial charge in [-0.3, -0.25) is 4.99 Å². The normalized spacial score (nSPS) is 14.3. The van der Waals surface area contributed by atoms with Gasteiger partial charge in [-0.1, -0.05) is 152 Å². The zero-order chi connectivity index (χ0) is 40.1. The third kappa shape index (κ3) is 7.32. The standard InChI is InChI=1S/C45H32N2.C9H13N3/c1-31-28-36(26-27-46(30-32-12-4-2-5-13-32)42-24-20-33-14-8-10-18-38(33)44(31)42)35-22-23-41-40(29-35)45-39-19-11-9-15-34(39)21-25-43(45)47(41)37-16-6-3-7-17-37;1-11-9(12-7-10)8-5-3-2-4-6-8/h2-29H,1,30H2;2-6H,7,10H2,1H3,(H,11,12)/b27-26-,36-28+;. The molecule has 286 valence electrons. The zero-order valence-electron chi connectivity index (χ0n) is 33.1. The SMILES string of the molecule is C=C1/C=C(c2ccc3c(c2)c2c4ccccc4ccc2n3-c2ccccc2)\C=C/N(Cc2ccccc2)c2ccc3ccccc3c21.CN=C(NCN)c1ccccc1. The van der Waals surface area contributed by atoms with Gasteiger partial charge in [-0.2, -0.15) is 0 Å². The summed E-state index contributed by atoms with van der Waals surface area (Å²) in [6, 6.07) is 64.5. The summed E-state index contributed by atoms with van der Waals surface area (Å²) in [6.45, 7) is 5.85. The Morgan fingerprint density at radius 2 is 1.27 bits per heavy atom. The minimum absolute atomic E-state index is 0.404. The highest BCUT2D eigenvalue weighted by Gasteiger charge is 2.20. The van der Waals surface area contributed by atoms with Gasteiger partial charge in [-0.05, 0) is 92.4 Å². The summed E-state index contributed by atoms with van der Waals surface area (Å²) in [5, 5.41) is 10.4. The van der Waals surface area contributed by atoms with Crippen LogP contribution in [0.15, 0.2) is 212 Å². The summed E-state index contributed by atoms with van der Waals surface area (Å²) in [6.07, 6.45) is 6.75. The molecule has 0 fully saturated rings. The number of nitrogens with two attached hydrogens (primary N) is 1. The van der Waals surface area contributed by atoms with Crippen molar-refractivity contribution in [2.24, 2.45) is 10.7 Å². The highest BCUT2D eigenvalue weighted by atomic mass is 15.1. The third-order valence-corrected chi connectivity index (χ3v) is 11.0. The van der Waals surface area contributed by atoms with Crippen molar-refractivity contribution < 1.29 is 0 Å². The van der Waals surface area contributed by atoms with E-state index < -0.39 is 0 Å². The lowest BCUT2D eigenvalue weighted by Crippen LogP contribution is -2.30. The second kappa shape index (κ2) is 16.6. The van der Waals surface area contributed by atoms with Crippen molar-refractivity contribution in [1.82, 2.24) is 9.88 Å². The first-order valence-corrected chi connectivity index (χ1v) is 20.0. The predicted molar refractivity (Wildman–Crippen MR) is 252 cm³/mol. The number of aromatic nitrogens is 1. The van der Waals surface area contributed by atoms with E-state index in [1.54, 1.807) is 7.05 Å². The van der Waals surface area contributed by atoms with Gasteiger partial charge in [0.05, 0.1) is 17.7 Å². The van der Waals surface area contributed by atoms with E-state index in [0.717, 1.165) is 40.5 Å². The fourth-order valence-electron chi connectivity index (χ4n) is 8.32. The third-order valence-electron chi connectivity index (χ3n) is 11.0. The van der Waals surface area contributed by atoms with Crippen LogP contribution in [0.4, 0.5) is 5.69 Å². The second-order valence-corrected chi connectivity index (χ2v) is 14.6. The van der Waals surface area contributed by atoms with Crippen LogP contribution in [0.1, 0.15) is 22.3 Å². The first kappa shape index (κ1) is 37.1. The molecule has 9 aromatic rings. The van der Waals surface area contributed by atoms with Gasteiger partial charge >= 0.3 is 0 Å². The van der Waals surface area contributed by atoms with Crippen LogP contribution < -0.4 is 16.0 Å². The first-order valence-electron chi connectivity index (χ1n) is 20.0. The molecule has 10 rings (SSSR count). The zero-order valence-corrected chi connectivity index (χ0v) is 33.1. The van der Waals surface area contributed by atoms with Crippen molar-refractivity contribution in [1.29, 1.82) is 0 Å². The van der Waals surface area contributed by atoms with Crippen molar-refractivity contribution >= 4 is 66.0 Å². The minimum Gasteiger partial charge on any atom is -0.358 e. The molecule has 0 saturated heterocycles. The van der Waals surface area contributed by atoms with E-state index in [0.29, 0.717) is 6.67 Å². The van der Waals surface area contributed by atoms with Crippen LogP contribution in [0, 0.1) is 0 Å². The summed E-state index contributed by atoms with van der Waals surface area (Å²) in [4.78, 5) is 6.44. The van der Waals surface area contributed by atoms with E-state index in [2.05, 4.69) is 196 Å². The molecule has 0 bridgehead atoms. The Kier molecular flexibility index (Phi) is 10.4. The lowest BCUT2D eigenvalue weighted by Gasteiger charge is -2.27. The summed E-state index contributed by atoms with van der Waals surface area (Å²) in [7, 11) is 1.74. The van der Waals surface area contributed by atoms with Gasteiger partial charge in [-0.15, -0.1) is 0 Å². The van der Waals surface area contributed by atoms with Crippen LogP contribution in [0.25, 0.3) is 60.2 Å². The van der Waals surface area contributed by atoms with E-state index in [1.165, 1.54) is 60.0 Å². The van der Waals surface area contributed by atoms with Crippen molar-refractivity contribution in [2.75, 3.05) is 18.6 Å². The average molecular weight is 764 g/mol. The fraction of sp³-hybridized carbons (Fsp3) is 0.0556. The summed E-state index contributed by atoms with van der Waals surface area (Å²) in [5.74, 6) is 0.832. The molecule has 59 heavy (non-hydrogen) atoms. The predicted octanol–water partition coefficient (Wildman–Crippen LogP) is 12.3. The smallest absolute Gasteiger partial charge is 0.128 e. The van der Waals surface area contributed by atoms with Crippen molar-refractivity contribution in [3.05, 3.63) is 229 Å². The molecule has 1 aliphatic rings. The molecule has 0 unspecified atom stereocenters. The van der Waals surface area contributed by atoms with Crippen LogP contribution >= 0.6 is 0 Å². The van der Waals surface area contributed by atoms with Crippen molar-refractivity contribution in [2.45, 2.75) is 6.54 Å². The maximum Gasteiger partial charge on any atom is 0.128 e. The Bertz CT molecular complexity index is 3050. The Labute approximate surface area is 345 Å². The van der Waals surface area contributed by atoms with E-state index in [-0.39, 0.29) is 0 Å².